The van der Waals surface area contributed by atoms with E-state index < -0.39 is 28.2 Å². The van der Waals surface area contributed by atoms with E-state index in [0.717, 1.165) is 5.56 Å². The van der Waals surface area contributed by atoms with Gasteiger partial charge >= 0.3 is 0 Å². The number of hydrogen-bond acceptors (Lipinski definition) is 5. The zero-order valence-electron chi connectivity index (χ0n) is 20.9. The fraction of sp³-hybridized carbons (Fsp3) is 0.321. The highest BCUT2D eigenvalue weighted by Gasteiger charge is 2.48. The zero-order chi connectivity index (χ0) is 26.0. The summed E-state index contributed by atoms with van der Waals surface area (Å²) in [5.74, 6) is -1.11. The number of nitrogens with zero attached hydrogens (tertiary/aromatic N) is 2. The Kier molecular flexibility index (Phi) is 7.15. The van der Waals surface area contributed by atoms with Gasteiger partial charge in [0.2, 0.25) is 0 Å². The van der Waals surface area contributed by atoms with E-state index in [2.05, 4.69) is 5.32 Å². The molecule has 194 valence electrons. The average molecular weight is 522 g/mol. The summed E-state index contributed by atoms with van der Waals surface area (Å²) in [6, 6.07) is 25.7. The van der Waals surface area contributed by atoms with Gasteiger partial charge in [-0.05, 0) is 43.2 Å². The van der Waals surface area contributed by atoms with Gasteiger partial charge in [-0.25, -0.2) is 0 Å². The highest BCUT2D eigenvalue weighted by Crippen LogP contribution is 2.34. The maximum absolute atomic E-state index is 13.9. The van der Waals surface area contributed by atoms with Crippen molar-refractivity contribution in [3.63, 3.8) is 0 Å². The number of amides is 1. The van der Waals surface area contributed by atoms with E-state index >= 15 is 0 Å². The Labute approximate surface area is 218 Å². The van der Waals surface area contributed by atoms with E-state index in [-0.39, 0.29) is 32.1 Å². The van der Waals surface area contributed by atoms with Crippen molar-refractivity contribution < 1.29 is 22.7 Å². The summed E-state index contributed by atoms with van der Waals surface area (Å²) in [6.07, 6.45) is -0.842. The first-order chi connectivity index (χ1) is 17.7. The van der Waals surface area contributed by atoms with E-state index in [1.807, 2.05) is 68.4 Å². The minimum Gasteiger partial charge on any atom is -0.343 e. The van der Waals surface area contributed by atoms with E-state index in [4.69, 9.17) is 9.47 Å². The quantitative estimate of drug-likeness (QED) is 0.529. The van der Waals surface area contributed by atoms with Gasteiger partial charge in [0.05, 0.1) is 0 Å². The van der Waals surface area contributed by atoms with Crippen LogP contribution in [0, 0.1) is 0 Å². The van der Waals surface area contributed by atoms with Gasteiger partial charge in [-0.2, -0.15) is 17.0 Å². The van der Waals surface area contributed by atoms with E-state index in [0.29, 0.717) is 16.8 Å². The summed E-state index contributed by atoms with van der Waals surface area (Å²) >= 11 is 0. The molecular weight excluding hydrogens is 490 g/mol. The molecule has 2 aliphatic rings. The van der Waals surface area contributed by atoms with Crippen LogP contribution in [0.5, 0.6) is 0 Å². The average Bonchev–Trinajstić information content (AvgIpc) is 3.13. The maximum atomic E-state index is 13.9. The zero-order valence-corrected chi connectivity index (χ0v) is 21.7. The Bertz CT molecular complexity index is 1350. The number of rotatable bonds is 6. The van der Waals surface area contributed by atoms with Crippen molar-refractivity contribution in [3.05, 3.63) is 102 Å². The molecule has 2 atom stereocenters. The Morgan fingerprint density at radius 1 is 0.838 bits per heavy atom. The number of nitrogens with one attached hydrogen (secondary N) is 1. The minimum atomic E-state index is -3.90. The summed E-state index contributed by atoms with van der Waals surface area (Å²) in [7, 11) is -3.90. The van der Waals surface area contributed by atoms with Crippen LogP contribution in [0.15, 0.2) is 84.9 Å². The molecule has 2 heterocycles. The van der Waals surface area contributed by atoms with Gasteiger partial charge < -0.3 is 14.8 Å². The number of benzene rings is 3. The molecule has 0 radical (unpaired) electrons. The molecule has 1 amide bonds. The molecule has 0 saturated carbocycles. The van der Waals surface area contributed by atoms with Crippen LogP contribution in [0.2, 0.25) is 0 Å². The monoisotopic (exact) mass is 521 g/mol. The van der Waals surface area contributed by atoms with Crippen molar-refractivity contribution in [2.45, 2.75) is 44.9 Å². The van der Waals surface area contributed by atoms with Gasteiger partial charge in [-0.1, -0.05) is 66.7 Å². The van der Waals surface area contributed by atoms with Crippen molar-refractivity contribution in [1.82, 2.24) is 8.61 Å². The topological polar surface area (TPSA) is 88.2 Å². The molecule has 1 N–H and O–H groups in total. The van der Waals surface area contributed by atoms with Gasteiger partial charge in [0.1, 0.15) is 12.2 Å². The highest BCUT2D eigenvalue weighted by atomic mass is 32.2. The van der Waals surface area contributed by atoms with Crippen LogP contribution in [0.3, 0.4) is 0 Å². The Morgan fingerprint density at radius 2 is 1.38 bits per heavy atom. The predicted molar refractivity (Wildman–Crippen MR) is 141 cm³/mol. The Balaban J connectivity index is 1.45. The van der Waals surface area contributed by atoms with E-state index in [1.54, 1.807) is 30.3 Å². The van der Waals surface area contributed by atoms with Crippen LogP contribution in [0.4, 0.5) is 5.69 Å². The third-order valence-corrected chi connectivity index (χ3v) is 8.41. The van der Waals surface area contributed by atoms with Crippen molar-refractivity contribution >= 4 is 21.8 Å². The molecule has 37 heavy (non-hydrogen) atoms. The number of ether oxygens (including phenoxy) is 2. The fourth-order valence-corrected chi connectivity index (χ4v) is 6.45. The van der Waals surface area contributed by atoms with Gasteiger partial charge in [-0.15, -0.1) is 0 Å². The maximum Gasteiger partial charge on any atom is 0.282 e. The SMILES string of the molecule is CC1(C)O[C@H]2CN(Cc3ccccc3)S(=O)(=O)N(Cc3ccccc3C(=O)Nc3ccccc3)C[C@@H]2O1. The number of carbonyl (C=O) groups is 1. The molecular formula is C28H31N3O5S. The number of para-hydroxylation sites is 1. The van der Waals surface area contributed by atoms with Gasteiger partial charge in [0.25, 0.3) is 16.1 Å². The second-order valence-electron chi connectivity index (χ2n) is 9.77. The molecule has 2 aliphatic heterocycles. The molecule has 8 nitrogen and oxygen atoms in total. The summed E-state index contributed by atoms with van der Waals surface area (Å²) in [4.78, 5) is 13.1. The lowest BCUT2D eigenvalue weighted by Gasteiger charge is -2.29. The molecule has 9 heteroatoms. The van der Waals surface area contributed by atoms with Crippen molar-refractivity contribution in [2.75, 3.05) is 18.4 Å². The minimum absolute atomic E-state index is 0.0268. The van der Waals surface area contributed by atoms with E-state index in [1.165, 1.54) is 8.61 Å². The number of anilines is 1. The summed E-state index contributed by atoms with van der Waals surface area (Å²) < 4.78 is 43.0. The molecule has 2 fully saturated rings. The molecule has 2 saturated heterocycles. The lowest BCUT2D eigenvalue weighted by atomic mass is 10.1. The van der Waals surface area contributed by atoms with Crippen LogP contribution < -0.4 is 5.32 Å². The van der Waals surface area contributed by atoms with E-state index in [9.17, 15) is 13.2 Å². The molecule has 5 rings (SSSR count). The summed E-state index contributed by atoms with van der Waals surface area (Å²) in [6.45, 7) is 4.21. The van der Waals surface area contributed by atoms with Crippen molar-refractivity contribution in [2.24, 2.45) is 0 Å². The second-order valence-corrected chi connectivity index (χ2v) is 11.7. The molecule has 0 aromatic heterocycles. The number of fused-ring (bicyclic) bond motifs is 1. The highest BCUT2D eigenvalue weighted by molar-refractivity contribution is 7.86. The van der Waals surface area contributed by atoms with Crippen molar-refractivity contribution in [3.8, 4) is 0 Å². The third kappa shape index (κ3) is 5.76. The van der Waals surface area contributed by atoms with Crippen LogP contribution in [0.25, 0.3) is 0 Å². The largest absolute Gasteiger partial charge is 0.343 e. The van der Waals surface area contributed by atoms with Crippen molar-refractivity contribution in [1.29, 1.82) is 0 Å². The lowest BCUT2D eigenvalue weighted by molar-refractivity contribution is -0.148. The second kappa shape index (κ2) is 10.4. The first-order valence-electron chi connectivity index (χ1n) is 12.3. The summed E-state index contributed by atoms with van der Waals surface area (Å²) in [5.41, 5.74) is 2.57. The standard InChI is InChI=1S/C28H31N3O5S/c1-28(2)35-25-19-30(17-21-11-5-3-6-12-21)37(33,34)31(20-26(25)36-28)18-22-13-9-10-16-24(22)27(32)29-23-14-7-4-8-15-23/h3-16,25-26H,17-20H2,1-2H3,(H,29,32)/t25-,26-/m0/s1. The molecule has 3 aromatic rings. The van der Waals surface area contributed by atoms with Crippen LogP contribution >= 0.6 is 0 Å². The van der Waals surface area contributed by atoms with Gasteiger partial charge in [0, 0.05) is 37.4 Å². The molecule has 0 bridgehead atoms. The smallest absolute Gasteiger partial charge is 0.282 e. The first kappa shape index (κ1) is 25.6. The normalized spacial score (nSPS) is 23.2. The van der Waals surface area contributed by atoms with Crippen LogP contribution in [-0.4, -0.2) is 54.0 Å². The Hall–Kier alpha value is -3.08. The van der Waals surface area contributed by atoms with Gasteiger partial charge in [-0.3, -0.25) is 4.79 Å². The molecule has 0 aliphatic carbocycles. The molecule has 0 spiro atoms. The molecule has 3 aromatic carbocycles. The first-order valence-corrected chi connectivity index (χ1v) is 13.7. The van der Waals surface area contributed by atoms with Crippen LogP contribution in [-0.2, 0) is 32.8 Å². The Morgan fingerprint density at radius 3 is 2.03 bits per heavy atom. The summed E-state index contributed by atoms with van der Waals surface area (Å²) in [5, 5.41) is 2.90. The molecule has 0 unspecified atom stereocenters. The number of hydrogen-bond donors (Lipinski definition) is 1. The van der Waals surface area contributed by atoms with Crippen LogP contribution in [0.1, 0.15) is 35.3 Å². The number of carbonyl (C=O) groups excluding carboxylic acids is 1. The van der Waals surface area contributed by atoms with Gasteiger partial charge in [0.15, 0.2) is 5.79 Å². The predicted octanol–water partition coefficient (Wildman–Crippen LogP) is 4.02. The third-order valence-electron chi connectivity index (χ3n) is 6.55. The fourth-order valence-electron chi connectivity index (χ4n) is 4.84. The lowest BCUT2D eigenvalue weighted by Crippen LogP contribution is -2.44.